The van der Waals surface area contributed by atoms with Crippen molar-refractivity contribution in [3.8, 4) is 16.9 Å². The number of carbonyl (C=O) groups is 1. The molecule has 4 heterocycles. The zero-order chi connectivity index (χ0) is 20.2. The van der Waals surface area contributed by atoms with Crippen LogP contribution in [0.2, 0.25) is 0 Å². The molecule has 0 aliphatic carbocycles. The molecular weight excluding hydrogens is 368 g/mol. The molecule has 1 amide bonds. The second kappa shape index (κ2) is 8.32. The van der Waals surface area contributed by atoms with Gasteiger partial charge in [-0.1, -0.05) is 6.07 Å². The van der Waals surface area contributed by atoms with Crippen molar-refractivity contribution in [1.82, 2.24) is 29.3 Å². The first kappa shape index (κ1) is 18.9. The minimum absolute atomic E-state index is 0.183. The SMILES string of the molecule is CCOCCCNC(=O)c1ccn(-c2ccc3ccc(-c4cnn(C)c4)cn23)n1. The van der Waals surface area contributed by atoms with Crippen LogP contribution in [0.5, 0.6) is 0 Å². The third-order valence-corrected chi connectivity index (χ3v) is 4.68. The maximum Gasteiger partial charge on any atom is 0.271 e. The van der Waals surface area contributed by atoms with Crippen LogP contribution in [0.25, 0.3) is 22.5 Å². The fourth-order valence-electron chi connectivity index (χ4n) is 3.20. The minimum Gasteiger partial charge on any atom is -0.382 e. The molecule has 0 spiro atoms. The molecule has 0 aromatic carbocycles. The highest BCUT2D eigenvalue weighted by Crippen LogP contribution is 2.22. The molecule has 0 aliphatic rings. The van der Waals surface area contributed by atoms with E-state index in [-0.39, 0.29) is 5.91 Å². The molecule has 0 aliphatic heterocycles. The van der Waals surface area contributed by atoms with E-state index in [1.807, 2.05) is 38.5 Å². The Hall–Kier alpha value is -3.39. The molecule has 4 aromatic rings. The highest BCUT2D eigenvalue weighted by molar-refractivity contribution is 5.92. The topological polar surface area (TPSA) is 78.4 Å². The maximum atomic E-state index is 12.3. The van der Waals surface area contributed by atoms with Gasteiger partial charge in [0.05, 0.1) is 6.20 Å². The number of ether oxygens (including phenoxy) is 1. The van der Waals surface area contributed by atoms with Crippen LogP contribution in [0, 0.1) is 0 Å². The summed E-state index contributed by atoms with van der Waals surface area (Å²) in [4.78, 5) is 12.3. The van der Waals surface area contributed by atoms with Crippen molar-refractivity contribution in [2.75, 3.05) is 19.8 Å². The van der Waals surface area contributed by atoms with Gasteiger partial charge in [-0.15, -0.1) is 0 Å². The maximum absolute atomic E-state index is 12.3. The number of aryl methyl sites for hydroxylation is 1. The lowest BCUT2D eigenvalue weighted by molar-refractivity contribution is 0.0939. The number of fused-ring (bicyclic) bond motifs is 1. The summed E-state index contributed by atoms with van der Waals surface area (Å²) in [6.07, 6.45) is 8.45. The average molecular weight is 392 g/mol. The first-order chi connectivity index (χ1) is 14.2. The third-order valence-electron chi connectivity index (χ3n) is 4.68. The Bertz CT molecular complexity index is 1120. The van der Waals surface area contributed by atoms with Crippen LogP contribution < -0.4 is 5.32 Å². The predicted octanol–water partition coefficient (Wildman–Crippen LogP) is 2.68. The molecular formula is C21H24N6O2. The Balaban J connectivity index is 1.53. The molecule has 0 saturated carbocycles. The van der Waals surface area contributed by atoms with Gasteiger partial charge in [0.15, 0.2) is 5.69 Å². The summed E-state index contributed by atoms with van der Waals surface area (Å²) in [6, 6.07) is 9.86. The van der Waals surface area contributed by atoms with E-state index in [2.05, 4.69) is 38.2 Å². The minimum atomic E-state index is -0.183. The van der Waals surface area contributed by atoms with Crippen LogP contribution in [-0.4, -0.2) is 49.6 Å². The van der Waals surface area contributed by atoms with Gasteiger partial charge in [-0.25, -0.2) is 4.68 Å². The normalized spacial score (nSPS) is 11.2. The molecule has 8 nitrogen and oxygen atoms in total. The number of aromatic nitrogens is 5. The van der Waals surface area contributed by atoms with Gasteiger partial charge in [0.1, 0.15) is 5.82 Å². The van der Waals surface area contributed by atoms with Gasteiger partial charge < -0.3 is 14.5 Å². The van der Waals surface area contributed by atoms with Gasteiger partial charge in [-0.3, -0.25) is 9.48 Å². The highest BCUT2D eigenvalue weighted by Gasteiger charge is 2.12. The summed E-state index contributed by atoms with van der Waals surface area (Å²) >= 11 is 0. The van der Waals surface area contributed by atoms with Crippen molar-refractivity contribution >= 4 is 11.4 Å². The van der Waals surface area contributed by atoms with Crippen LogP contribution >= 0.6 is 0 Å². The van der Waals surface area contributed by atoms with E-state index in [9.17, 15) is 4.79 Å². The van der Waals surface area contributed by atoms with E-state index in [1.54, 1.807) is 21.6 Å². The van der Waals surface area contributed by atoms with E-state index in [0.717, 1.165) is 28.9 Å². The number of carbonyl (C=O) groups excluding carboxylic acids is 1. The summed E-state index contributed by atoms with van der Waals surface area (Å²) in [6.45, 7) is 3.84. The smallest absolute Gasteiger partial charge is 0.271 e. The molecule has 0 saturated heterocycles. The lowest BCUT2D eigenvalue weighted by atomic mass is 10.1. The van der Waals surface area contributed by atoms with Crippen LogP contribution in [0.15, 0.2) is 55.1 Å². The Labute approximate surface area is 168 Å². The number of nitrogens with zero attached hydrogens (tertiary/aromatic N) is 5. The molecule has 8 heteroatoms. The molecule has 150 valence electrons. The van der Waals surface area contributed by atoms with E-state index in [1.165, 1.54) is 0 Å². The number of nitrogens with one attached hydrogen (secondary N) is 1. The van der Waals surface area contributed by atoms with Gasteiger partial charge in [-0.2, -0.15) is 10.2 Å². The van der Waals surface area contributed by atoms with Gasteiger partial charge >= 0.3 is 0 Å². The lowest BCUT2D eigenvalue weighted by Gasteiger charge is -2.06. The number of rotatable bonds is 8. The standard InChI is InChI=1S/C21H24N6O2/c1-3-29-12-4-10-22-21(28)19-9-11-27(24-19)20-8-7-18-6-5-16(15-26(18)20)17-13-23-25(2)14-17/h5-9,11,13-15H,3-4,10,12H2,1-2H3,(H,22,28). The van der Waals surface area contributed by atoms with Crippen molar-refractivity contribution < 1.29 is 9.53 Å². The molecule has 0 atom stereocenters. The summed E-state index contributed by atoms with van der Waals surface area (Å²) < 4.78 is 10.8. The van der Waals surface area contributed by atoms with Crippen molar-refractivity contribution in [2.45, 2.75) is 13.3 Å². The Morgan fingerprint density at radius 2 is 2.00 bits per heavy atom. The molecule has 0 radical (unpaired) electrons. The first-order valence-corrected chi connectivity index (χ1v) is 9.68. The molecule has 0 bridgehead atoms. The average Bonchev–Trinajstić information content (AvgIpc) is 3.46. The number of hydrogen-bond acceptors (Lipinski definition) is 4. The largest absolute Gasteiger partial charge is 0.382 e. The summed E-state index contributed by atoms with van der Waals surface area (Å²) in [5, 5.41) is 11.6. The van der Waals surface area contributed by atoms with Crippen molar-refractivity contribution in [3.05, 3.63) is 60.8 Å². The van der Waals surface area contributed by atoms with Crippen LogP contribution in [0.3, 0.4) is 0 Å². The Morgan fingerprint density at radius 1 is 1.14 bits per heavy atom. The molecule has 4 rings (SSSR count). The zero-order valence-corrected chi connectivity index (χ0v) is 16.6. The quantitative estimate of drug-likeness (QED) is 0.468. The molecule has 0 fully saturated rings. The summed E-state index contributed by atoms with van der Waals surface area (Å²) in [7, 11) is 1.90. The van der Waals surface area contributed by atoms with Gasteiger partial charge in [0.25, 0.3) is 5.91 Å². The van der Waals surface area contributed by atoms with Gasteiger partial charge in [0, 0.05) is 62.0 Å². The number of pyridine rings is 1. The van der Waals surface area contributed by atoms with Crippen molar-refractivity contribution in [3.63, 3.8) is 0 Å². The monoisotopic (exact) mass is 392 g/mol. The van der Waals surface area contributed by atoms with E-state index in [4.69, 9.17) is 4.74 Å². The second-order valence-electron chi connectivity index (χ2n) is 6.76. The number of amides is 1. The van der Waals surface area contributed by atoms with Crippen LogP contribution in [0.4, 0.5) is 0 Å². The Kier molecular flexibility index (Phi) is 5.44. The number of hydrogen-bond donors (Lipinski definition) is 1. The fourth-order valence-corrected chi connectivity index (χ4v) is 3.20. The summed E-state index contributed by atoms with van der Waals surface area (Å²) in [5.41, 5.74) is 3.54. The summed E-state index contributed by atoms with van der Waals surface area (Å²) in [5.74, 6) is 0.679. The van der Waals surface area contributed by atoms with E-state index < -0.39 is 0 Å². The van der Waals surface area contributed by atoms with Crippen LogP contribution in [-0.2, 0) is 11.8 Å². The van der Waals surface area contributed by atoms with E-state index in [0.29, 0.717) is 25.5 Å². The molecule has 4 aromatic heterocycles. The molecule has 1 N–H and O–H groups in total. The van der Waals surface area contributed by atoms with Crippen molar-refractivity contribution in [1.29, 1.82) is 0 Å². The molecule has 0 unspecified atom stereocenters. The second-order valence-corrected chi connectivity index (χ2v) is 6.76. The third kappa shape index (κ3) is 4.07. The van der Waals surface area contributed by atoms with E-state index >= 15 is 0 Å². The van der Waals surface area contributed by atoms with Gasteiger partial charge in [-0.05, 0) is 37.6 Å². The Morgan fingerprint density at radius 3 is 2.79 bits per heavy atom. The zero-order valence-electron chi connectivity index (χ0n) is 16.6. The van der Waals surface area contributed by atoms with Crippen molar-refractivity contribution in [2.24, 2.45) is 7.05 Å². The first-order valence-electron chi connectivity index (χ1n) is 9.68. The van der Waals surface area contributed by atoms with Gasteiger partial charge in [0.2, 0.25) is 0 Å². The fraction of sp³-hybridized carbons (Fsp3) is 0.286. The van der Waals surface area contributed by atoms with Crippen LogP contribution in [0.1, 0.15) is 23.8 Å². The highest BCUT2D eigenvalue weighted by atomic mass is 16.5. The lowest BCUT2D eigenvalue weighted by Crippen LogP contribution is -2.25. The molecule has 29 heavy (non-hydrogen) atoms. The predicted molar refractivity (Wildman–Crippen MR) is 110 cm³/mol.